The van der Waals surface area contributed by atoms with Gasteiger partial charge in [0, 0.05) is 64.8 Å². The summed E-state index contributed by atoms with van der Waals surface area (Å²) >= 11 is 6.25. The third-order valence-corrected chi connectivity index (χ3v) is 7.23. The van der Waals surface area contributed by atoms with Crippen LogP contribution < -0.4 is 15.8 Å². The zero-order valence-electron chi connectivity index (χ0n) is 19.0. The molecule has 1 aromatic rings. The van der Waals surface area contributed by atoms with Crippen LogP contribution >= 0.6 is 11.6 Å². The fourth-order valence-electron chi connectivity index (χ4n) is 5.01. The van der Waals surface area contributed by atoms with E-state index in [1.165, 1.54) is 0 Å². The van der Waals surface area contributed by atoms with Crippen molar-refractivity contribution in [2.24, 2.45) is 5.92 Å². The molecule has 2 fully saturated rings. The standard InChI is InChI=1S/C23H34ClN5O3/c1-27(2)23(31)29-10-3-15(4-11-29)14-28-8-5-16(6-9-28)26-22(30)18-13-19(24)20(25)17-7-12-32-21(17)18/h13,15-16H,3-12,14,25H2,1-2H3,(H,26,30). The number of hydrogen-bond donors (Lipinski definition) is 2. The average molecular weight is 464 g/mol. The summed E-state index contributed by atoms with van der Waals surface area (Å²) in [6.07, 6.45) is 4.64. The number of piperidine rings is 2. The number of amides is 3. The Kier molecular flexibility index (Phi) is 7.00. The second kappa shape index (κ2) is 9.75. The Balaban J connectivity index is 1.24. The number of urea groups is 1. The first-order valence-corrected chi connectivity index (χ1v) is 11.9. The van der Waals surface area contributed by atoms with Gasteiger partial charge in [-0.1, -0.05) is 11.6 Å². The van der Waals surface area contributed by atoms with Crippen molar-refractivity contribution in [1.82, 2.24) is 20.0 Å². The van der Waals surface area contributed by atoms with E-state index in [2.05, 4.69) is 10.2 Å². The maximum Gasteiger partial charge on any atom is 0.319 e. The third kappa shape index (κ3) is 4.91. The number of nitrogens with zero attached hydrogens (tertiary/aromatic N) is 3. The molecule has 1 aromatic carbocycles. The van der Waals surface area contributed by atoms with Crippen molar-refractivity contribution in [3.8, 4) is 5.75 Å². The normalized spacial score (nSPS) is 20.0. The van der Waals surface area contributed by atoms with Crippen LogP contribution in [0.25, 0.3) is 0 Å². The molecule has 3 amide bonds. The van der Waals surface area contributed by atoms with Gasteiger partial charge in [0.05, 0.1) is 22.9 Å². The van der Waals surface area contributed by atoms with Gasteiger partial charge in [0.25, 0.3) is 5.91 Å². The maximum atomic E-state index is 12.9. The largest absolute Gasteiger partial charge is 0.492 e. The molecule has 9 heteroatoms. The van der Waals surface area contributed by atoms with E-state index in [1.807, 2.05) is 4.90 Å². The Morgan fingerprint density at radius 2 is 1.88 bits per heavy atom. The van der Waals surface area contributed by atoms with E-state index < -0.39 is 0 Å². The number of nitrogens with one attached hydrogen (secondary N) is 1. The second-order valence-corrected chi connectivity index (χ2v) is 9.79. The Morgan fingerprint density at radius 1 is 1.19 bits per heavy atom. The smallest absolute Gasteiger partial charge is 0.319 e. The van der Waals surface area contributed by atoms with Crippen molar-refractivity contribution in [2.75, 3.05) is 59.2 Å². The van der Waals surface area contributed by atoms with Crippen LogP contribution in [0.15, 0.2) is 6.07 Å². The number of rotatable bonds is 4. The van der Waals surface area contributed by atoms with E-state index in [9.17, 15) is 9.59 Å². The zero-order valence-corrected chi connectivity index (χ0v) is 19.8. The number of likely N-dealkylation sites (tertiary alicyclic amines) is 2. The molecule has 176 valence electrons. The summed E-state index contributed by atoms with van der Waals surface area (Å²) in [6.45, 7) is 5.22. The van der Waals surface area contributed by atoms with Crippen molar-refractivity contribution in [1.29, 1.82) is 0 Å². The molecule has 0 aliphatic carbocycles. The quantitative estimate of drug-likeness (QED) is 0.669. The molecule has 3 N–H and O–H groups in total. The highest BCUT2D eigenvalue weighted by Gasteiger charge is 2.29. The van der Waals surface area contributed by atoms with Crippen LogP contribution in [0.5, 0.6) is 5.75 Å². The molecule has 0 spiro atoms. The zero-order chi connectivity index (χ0) is 22.8. The number of nitrogen functional groups attached to an aromatic ring is 1. The number of halogens is 1. The van der Waals surface area contributed by atoms with Crippen molar-refractivity contribution in [2.45, 2.75) is 38.1 Å². The molecule has 3 heterocycles. The molecule has 0 saturated carbocycles. The lowest BCUT2D eigenvalue weighted by Gasteiger charge is -2.38. The van der Waals surface area contributed by atoms with Crippen LogP contribution in [-0.2, 0) is 6.42 Å². The Morgan fingerprint density at radius 3 is 2.53 bits per heavy atom. The van der Waals surface area contributed by atoms with E-state index in [0.29, 0.717) is 41.0 Å². The first kappa shape index (κ1) is 23.0. The fraction of sp³-hybridized carbons (Fsp3) is 0.652. The highest BCUT2D eigenvalue weighted by Crippen LogP contribution is 2.38. The molecule has 0 radical (unpaired) electrons. The van der Waals surface area contributed by atoms with Gasteiger partial charge in [-0.3, -0.25) is 4.79 Å². The first-order valence-electron chi connectivity index (χ1n) is 11.6. The lowest BCUT2D eigenvalue weighted by Crippen LogP contribution is -2.48. The van der Waals surface area contributed by atoms with Gasteiger partial charge in [0.2, 0.25) is 0 Å². The second-order valence-electron chi connectivity index (χ2n) is 9.38. The van der Waals surface area contributed by atoms with Gasteiger partial charge in [0.1, 0.15) is 5.75 Å². The molecule has 3 aliphatic heterocycles. The average Bonchev–Trinajstić information content (AvgIpc) is 3.27. The number of ether oxygens (including phenoxy) is 1. The van der Waals surface area contributed by atoms with Crippen LogP contribution in [0.1, 0.15) is 41.6 Å². The highest BCUT2D eigenvalue weighted by atomic mass is 35.5. The van der Waals surface area contributed by atoms with Crippen LogP contribution in [0.4, 0.5) is 10.5 Å². The van der Waals surface area contributed by atoms with E-state index in [-0.39, 0.29) is 18.0 Å². The summed E-state index contributed by atoms with van der Waals surface area (Å²) in [5, 5.41) is 3.58. The molecular formula is C23H34ClN5O3. The topological polar surface area (TPSA) is 91.1 Å². The number of hydrogen-bond acceptors (Lipinski definition) is 5. The monoisotopic (exact) mass is 463 g/mol. The van der Waals surface area contributed by atoms with Crippen LogP contribution in [0, 0.1) is 5.92 Å². The van der Waals surface area contributed by atoms with Gasteiger partial charge in [-0.05, 0) is 37.7 Å². The van der Waals surface area contributed by atoms with Gasteiger partial charge < -0.3 is 30.5 Å². The Hall–Kier alpha value is -2.19. The van der Waals surface area contributed by atoms with Crippen LogP contribution in [0.3, 0.4) is 0 Å². The summed E-state index contributed by atoms with van der Waals surface area (Å²) < 4.78 is 5.68. The lowest BCUT2D eigenvalue weighted by atomic mass is 9.94. The van der Waals surface area contributed by atoms with Crippen molar-refractivity contribution in [3.05, 3.63) is 22.2 Å². The summed E-state index contributed by atoms with van der Waals surface area (Å²) in [6, 6.07) is 1.88. The van der Waals surface area contributed by atoms with Crippen molar-refractivity contribution in [3.63, 3.8) is 0 Å². The van der Waals surface area contributed by atoms with Crippen molar-refractivity contribution >= 4 is 29.2 Å². The molecule has 32 heavy (non-hydrogen) atoms. The fourth-order valence-corrected chi connectivity index (χ4v) is 5.24. The van der Waals surface area contributed by atoms with E-state index >= 15 is 0 Å². The van der Waals surface area contributed by atoms with Crippen LogP contribution in [0.2, 0.25) is 5.02 Å². The van der Waals surface area contributed by atoms with Gasteiger partial charge in [-0.15, -0.1) is 0 Å². The summed E-state index contributed by atoms with van der Waals surface area (Å²) in [5.74, 6) is 1.08. The Labute approximate surface area is 195 Å². The maximum absolute atomic E-state index is 12.9. The number of benzene rings is 1. The number of carbonyl (C=O) groups excluding carboxylic acids is 2. The molecule has 4 rings (SSSR count). The minimum atomic E-state index is -0.138. The molecular weight excluding hydrogens is 430 g/mol. The third-order valence-electron chi connectivity index (χ3n) is 6.92. The number of fused-ring (bicyclic) bond motifs is 1. The number of anilines is 1. The predicted molar refractivity (Wildman–Crippen MR) is 125 cm³/mol. The predicted octanol–water partition coefficient (Wildman–Crippen LogP) is 2.44. The van der Waals surface area contributed by atoms with E-state index in [0.717, 1.165) is 64.0 Å². The summed E-state index contributed by atoms with van der Waals surface area (Å²) in [7, 11) is 3.61. The highest BCUT2D eigenvalue weighted by molar-refractivity contribution is 6.33. The SMILES string of the molecule is CN(C)C(=O)N1CCC(CN2CCC(NC(=O)c3cc(Cl)c(N)c4c3OCC4)CC2)CC1. The molecule has 8 nitrogen and oxygen atoms in total. The molecule has 0 aromatic heterocycles. The van der Waals surface area contributed by atoms with Gasteiger partial charge in [-0.25, -0.2) is 4.79 Å². The van der Waals surface area contributed by atoms with Crippen molar-refractivity contribution < 1.29 is 14.3 Å². The minimum Gasteiger partial charge on any atom is -0.492 e. The van der Waals surface area contributed by atoms with Gasteiger partial charge >= 0.3 is 6.03 Å². The lowest BCUT2D eigenvalue weighted by molar-refractivity contribution is 0.0888. The molecule has 0 unspecified atom stereocenters. The van der Waals surface area contributed by atoms with Crippen LogP contribution in [-0.4, -0.2) is 86.1 Å². The minimum absolute atomic E-state index is 0.110. The Bertz CT molecular complexity index is 862. The van der Waals surface area contributed by atoms with Gasteiger partial charge in [-0.2, -0.15) is 0 Å². The van der Waals surface area contributed by atoms with E-state index in [4.69, 9.17) is 22.1 Å². The number of carbonyl (C=O) groups is 2. The number of nitrogens with two attached hydrogens (primary N) is 1. The molecule has 0 atom stereocenters. The first-order chi connectivity index (χ1) is 15.3. The summed E-state index contributed by atoms with van der Waals surface area (Å²) in [4.78, 5) is 31.1. The molecule has 2 saturated heterocycles. The molecule has 0 bridgehead atoms. The van der Waals surface area contributed by atoms with Gasteiger partial charge in [0.15, 0.2) is 0 Å². The molecule has 3 aliphatic rings. The summed E-state index contributed by atoms with van der Waals surface area (Å²) in [5.41, 5.74) is 7.89. The van der Waals surface area contributed by atoms with E-state index in [1.54, 1.807) is 25.1 Å².